The van der Waals surface area contributed by atoms with Crippen LogP contribution in [-0.2, 0) is 17.6 Å². The van der Waals surface area contributed by atoms with E-state index in [4.69, 9.17) is 17.3 Å². The van der Waals surface area contributed by atoms with Crippen LogP contribution in [0.15, 0.2) is 23.2 Å². The van der Waals surface area contributed by atoms with Gasteiger partial charge in [0.15, 0.2) is 0 Å². The van der Waals surface area contributed by atoms with Crippen LogP contribution in [0.2, 0.25) is 0 Å². The Labute approximate surface area is 93.0 Å². The molecule has 0 saturated heterocycles. The molecule has 2 rings (SSSR count). The Hall–Kier alpha value is -1.35. The molecule has 1 aliphatic rings. The summed E-state index contributed by atoms with van der Waals surface area (Å²) in [4.78, 5) is 15.3. The van der Waals surface area contributed by atoms with Crippen LogP contribution < -0.4 is 5.73 Å². The first kappa shape index (κ1) is 10.2. The number of Topliss-reactive ketones (excluding diaryl/α,β-unsaturated/α-hetero) is 1. The smallest absolute Gasteiger partial charge is 0.141 e. The SMILES string of the molecule is NC(CCl)=Nc1ccc2c(c1)CC(=O)C2. The number of benzene rings is 1. The lowest BCUT2D eigenvalue weighted by Gasteiger charge is -2.00. The first-order valence-electron chi connectivity index (χ1n) is 4.71. The highest BCUT2D eigenvalue weighted by molar-refractivity contribution is 6.28. The maximum Gasteiger partial charge on any atom is 0.141 e. The van der Waals surface area contributed by atoms with Crippen molar-refractivity contribution >= 4 is 28.9 Å². The van der Waals surface area contributed by atoms with Crippen LogP contribution in [0.4, 0.5) is 5.69 Å². The summed E-state index contributed by atoms with van der Waals surface area (Å²) in [5.41, 5.74) is 8.45. The number of carbonyl (C=O) groups is 1. The minimum Gasteiger partial charge on any atom is -0.386 e. The number of ketones is 1. The lowest BCUT2D eigenvalue weighted by atomic mass is 10.1. The van der Waals surface area contributed by atoms with Crippen molar-refractivity contribution in [1.82, 2.24) is 0 Å². The Morgan fingerprint density at radius 1 is 1.40 bits per heavy atom. The molecule has 0 aliphatic heterocycles. The van der Waals surface area contributed by atoms with Gasteiger partial charge < -0.3 is 5.73 Å². The van der Waals surface area contributed by atoms with Gasteiger partial charge in [-0.3, -0.25) is 4.79 Å². The van der Waals surface area contributed by atoms with Crippen molar-refractivity contribution < 1.29 is 4.79 Å². The average Bonchev–Trinajstić information content (AvgIpc) is 2.57. The fourth-order valence-corrected chi connectivity index (χ4v) is 1.76. The topological polar surface area (TPSA) is 55.4 Å². The standard InChI is InChI=1S/C11H11ClN2O/c12-6-11(13)14-9-2-1-7-4-10(15)5-8(7)3-9/h1-3H,4-6H2,(H2,13,14). The summed E-state index contributed by atoms with van der Waals surface area (Å²) < 4.78 is 0. The van der Waals surface area contributed by atoms with Gasteiger partial charge in [-0.15, -0.1) is 11.6 Å². The van der Waals surface area contributed by atoms with E-state index in [1.54, 1.807) is 0 Å². The minimum atomic E-state index is 0.218. The van der Waals surface area contributed by atoms with E-state index in [9.17, 15) is 4.79 Å². The van der Waals surface area contributed by atoms with E-state index in [2.05, 4.69) is 4.99 Å². The molecule has 0 amide bonds. The maximum atomic E-state index is 11.2. The number of fused-ring (bicyclic) bond motifs is 1. The number of hydrogen-bond donors (Lipinski definition) is 1. The number of amidine groups is 1. The molecule has 0 radical (unpaired) electrons. The molecule has 0 fully saturated rings. The van der Waals surface area contributed by atoms with Gasteiger partial charge in [0.25, 0.3) is 0 Å². The Bertz CT molecular complexity index is 440. The summed E-state index contributed by atoms with van der Waals surface area (Å²) in [5.74, 6) is 0.869. The third kappa shape index (κ3) is 2.18. The highest BCUT2D eigenvalue weighted by Gasteiger charge is 2.17. The predicted molar refractivity (Wildman–Crippen MR) is 60.9 cm³/mol. The molecular weight excluding hydrogens is 212 g/mol. The number of hydrogen-bond acceptors (Lipinski definition) is 2. The number of nitrogens with two attached hydrogens (primary N) is 1. The molecule has 0 bridgehead atoms. The zero-order chi connectivity index (χ0) is 10.8. The van der Waals surface area contributed by atoms with Crippen LogP contribution >= 0.6 is 11.6 Å². The number of rotatable bonds is 2. The second-order valence-corrected chi connectivity index (χ2v) is 3.85. The van der Waals surface area contributed by atoms with Gasteiger partial charge >= 0.3 is 0 Å². The zero-order valence-corrected chi connectivity index (χ0v) is 8.92. The quantitative estimate of drug-likeness (QED) is 0.469. The Kier molecular flexibility index (Phi) is 2.73. The zero-order valence-electron chi connectivity index (χ0n) is 8.16. The fraction of sp³-hybridized carbons (Fsp3) is 0.273. The summed E-state index contributed by atoms with van der Waals surface area (Å²) in [5, 5.41) is 0. The lowest BCUT2D eigenvalue weighted by Crippen LogP contribution is -2.12. The molecule has 15 heavy (non-hydrogen) atoms. The molecular formula is C11H11ClN2O. The molecule has 0 aromatic heterocycles. The van der Waals surface area contributed by atoms with Gasteiger partial charge in [-0.2, -0.15) is 0 Å². The number of carbonyl (C=O) groups excluding carboxylic acids is 1. The van der Waals surface area contributed by atoms with E-state index in [0.717, 1.165) is 16.8 Å². The monoisotopic (exact) mass is 222 g/mol. The molecule has 1 aliphatic carbocycles. The molecule has 0 heterocycles. The van der Waals surface area contributed by atoms with Crippen LogP contribution in [0.25, 0.3) is 0 Å². The van der Waals surface area contributed by atoms with E-state index in [-0.39, 0.29) is 11.7 Å². The number of alkyl halides is 1. The summed E-state index contributed by atoms with van der Waals surface area (Å²) in [6.45, 7) is 0. The summed E-state index contributed by atoms with van der Waals surface area (Å²) in [6, 6.07) is 5.69. The molecule has 0 atom stereocenters. The molecule has 3 nitrogen and oxygen atoms in total. The van der Waals surface area contributed by atoms with Gasteiger partial charge in [-0.25, -0.2) is 4.99 Å². The molecule has 1 aromatic carbocycles. The summed E-state index contributed by atoms with van der Waals surface area (Å²) in [7, 11) is 0. The van der Waals surface area contributed by atoms with Crippen molar-refractivity contribution in [2.24, 2.45) is 10.7 Å². The fourth-order valence-electron chi connectivity index (χ4n) is 1.70. The first-order valence-corrected chi connectivity index (χ1v) is 5.25. The van der Waals surface area contributed by atoms with E-state index in [1.165, 1.54) is 0 Å². The largest absolute Gasteiger partial charge is 0.386 e. The molecule has 0 unspecified atom stereocenters. The van der Waals surface area contributed by atoms with Crippen molar-refractivity contribution in [3.63, 3.8) is 0 Å². The van der Waals surface area contributed by atoms with E-state index in [1.807, 2.05) is 18.2 Å². The Balaban J connectivity index is 2.31. The molecule has 78 valence electrons. The number of halogens is 1. The van der Waals surface area contributed by atoms with Crippen LogP contribution in [0.5, 0.6) is 0 Å². The van der Waals surface area contributed by atoms with Crippen molar-refractivity contribution in [3.05, 3.63) is 29.3 Å². The Morgan fingerprint density at radius 3 is 2.87 bits per heavy atom. The predicted octanol–water partition coefficient (Wildman–Crippen LogP) is 1.58. The molecule has 1 aromatic rings. The summed E-state index contributed by atoms with van der Waals surface area (Å²) in [6.07, 6.45) is 1.06. The highest BCUT2D eigenvalue weighted by Crippen LogP contribution is 2.24. The van der Waals surface area contributed by atoms with Crippen molar-refractivity contribution in [2.75, 3.05) is 5.88 Å². The third-order valence-corrected chi connectivity index (χ3v) is 2.65. The van der Waals surface area contributed by atoms with Crippen LogP contribution in [0.3, 0.4) is 0 Å². The highest BCUT2D eigenvalue weighted by atomic mass is 35.5. The van der Waals surface area contributed by atoms with E-state index >= 15 is 0 Å². The molecule has 2 N–H and O–H groups in total. The second-order valence-electron chi connectivity index (χ2n) is 3.58. The van der Waals surface area contributed by atoms with Gasteiger partial charge in [0.2, 0.25) is 0 Å². The second kappa shape index (κ2) is 4.03. The number of nitrogens with zero attached hydrogens (tertiary/aromatic N) is 1. The molecule has 0 spiro atoms. The lowest BCUT2D eigenvalue weighted by molar-refractivity contribution is -0.117. The van der Waals surface area contributed by atoms with Crippen LogP contribution in [0, 0.1) is 0 Å². The van der Waals surface area contributed by atoms with Crippen molar-refractivity contribution in [3.8, 4) is 0 Å². The molecule has 4 heteroatoms. The van der Waals surface area contributed by atoms with Crippen molar-refractivity contribution in [1.29, 1.82) is 0 Å². The first-order chi connectivity index (χ1) is 7.19. The van der Waals surface area contributed by atoms with Crippen molar-refractivity contribution in [2.45, 2.75) is 12.8 Å². The third-order valence-electron chi connectivity index (χ3n) is 2.37. The van der Waals surface area contributed by atoms with Crippen LogP contribution in [0.1, 0.15) is 11.1 Å². The normalized spacial score (nSPS) is 15.5. The Morgan fingerprint density at radius 2 is 2.13 bits per heavy atom. The van der Waals surface area contributed by atoms with Crippen LogP contribution in [-0.4, -0.2) is 17.5 Å². The van der Waals surface area contributed by atoms with Gasteiger partial charge in [-0.1, -0.05) is 6.07 Å². The maximum absolute atomic E-state index is 11.2. The van der Waals surface area contributed by atoms with Gasteiger partial charge in [0.05, 0.1) is 11.6 Å². The van der Waals surface area contributed by atoms with E-state index in [0.29, 0.717) is 18.7 Å². The molecule has 0 saturated carbocycles. The van der Waals surface area contributed by atoms with Gasteiger partial charge in [0.1, 0.15) is 11.6 Å². The summed E-state index contributed by atoms with van der Waals surface area (Å²) >= 11 is 5.53. The average molecular weight is 223 g/mol. The number of aliphatic imine (C=N–C) groups is 1. The minimum absolute atomic E-state index is 0.218. The van der Waals surface area contributed by atoms with Gasteiger partial charge in [0, 0.05) is 12.8 Å². The van der Waals surface area contributed by atoms with E-state index < -0.39 is 0 Å². The van der Waals surface area contributed by atoms with Gasteiger partial charge in [-0.05, 0) is 23.3 Å².